The van der Waals surface area contributed by atoms with Crippen molar-refractivity contribution in [3.8, 4) is 0 Å². The topological polar surface area (TPSA) is 238 Å². The predicted octanol–water partition coefficient (Wildman–Crippen LogP) is 4.88. The van der Waals surface area contributed by atoms with Gasteiger partial charge in [0.05, 0.1) is 12.8 Å². The number of ether oxygens (including phenoxy) is 2. The largest absolute Gasteiger partial charge is 0.458 e. The smallest absolute Gasteiger partial charge is 0.333 e. The molecule has 0 spiro atoms. The maximum absolute atomic E-state index is 12.8. The fourth-order valence-corrected chi connectivity index (χ4v) is 6.25. The summed E-state index contributed by atoms with van der Waals surface area (Å²) in [4.78, 5) is 132. The van der Waals surface area contributed by atoms with E-state index in [2.05, 4.69) is 10.6 Å². The van der Waals surface area contributed by atoms with Crippen molar-refractivity contribution >= 4 is 59.3 Å². The van der Waals surface area contributed by atoms with E-state index in [4.69, 9.17) is 19.1 Å². The average Bonchev–Trinajstić information content (AvgIpc) is 3.63. The van der Waals surface area contributed by atoms with Crippen LogP contribution < -0.4 is 10.6 Å². The number of hydrogen-bond acceptors (Lipinski definition) is 14. The highest BCUT2D eigenvalue weighted by molar-refractivity contribution is 6.02. The van der Waals surface area contributed by atoms with Crippen LogP contribution >= 0.6 is 0 Å². The van der Waals surface area contributed by atoms with Crippen LogP contribution in [0.3, 0.4) is 0 Å². The second kappa shape index (κ2) is 25.7. The molecule has 2 rings (SSSR count). The minimum Gasteiger partial charge on any atom is -0.458 e. The molecule has 2 atom stereocenters. The SMILES string of the molecule is CC(C)(C)OC(=O)[C@@H](CCC(=O)ON1C(=O)CCC1=O)NC(=O)CCCCCCCCCCCCCCC(=O)N[C@H](CCC(=O)ON1C(=O)CCC1=O)C(=O)OC(C)(C)C. The van der Waals surface area contributed by atoms with Crippen LogP contribution in [-0.4, -0.2) is 92.7 Å². The minimum atomic E-state index is -1.10. The van der Waals surface area contributed by atoms with Crippen molar-refractivity contribution in [2.75, 3.05) is 0 Å². The molecule has 2 N–H and O–H groups in total. The molecule has 0 unspecified atom stereocenters. The first-order valence-corrected chi connectivity index (χ1v) is 21.3. The first kappa shape index (κ1) is 51.2. The number of unbranched alkanes of at least 4 members (excludes halogenated alkanes) is 11. The molecule has 0 aliphatic carbocycles. The van der Waals surface area contributed by atoms with E-state index < -0.39 is 70.8 Å². The number of nitrogens with one attached hydrogen (secondary N) is 2. The lowest BCUT2D eigenvalue weighted by molar-refractivity contribution is -0.197. The number of rotatable bonds is 27. The third-order valence-electron chi connectivity index (χ3n) is 9.28. The van der Waals surface area contributed by atoms with Crippen molar-refractivity contribution in [3.05, 3.63) is 0 Å². The number of carbonyl (C=O) groups excluding carboxylic acids is 10. The van der Waals surface area contributed by atoms with E-state index in [1.807, 2.05) is 0 Å². The molecule has 2 fully saturated rings. The fourth-order valence-electron chi connectivity index (χ4n) is 6.25. The summed E-state index contributed by atoms with van der Waals surface area (Å²) in [6.45, 7) is 10.1. The first-order valence-electron chi connectivity index (χ1n) is 21.3. The van der Waals surface area contributed by atoms with Crippen LogP contribution in [-0.2, 0) is 67.1 Å². The van der Waals surface area contributed by atoms with Crippen LogP contribution in [0.25, 0.3) is 0 Å². The Labute approximate surface area is 352 Å². The van der Waals surface area contributed by atoms with Crippen molar-refractivity contribution < 1.29 is 67.1 Å². The lowest BCUT2D eigenvalue weighted by Crippen LogP contribution is -2.44. The second-order valence-electron chi connectivity index (χ2n) is 17.2. The molecule has 60 heavy (non-hydrogen) atoms. The Kier molecular flexibility index (Phi) is 21.9. The number of hydrogen-bond donors (Lipinski definition) is 2. The van der Waals surface area contributed by atoms with Gasteiger partial charge in [-0.1, -0.05) is 64.2 Å². The van der Waals surface area contributed by atoms with Crippen molar-refractivity contribution in [2.24, 2.45) is 0 Å². The molecule has 2 heterocycles. The van der Waals surface area contributed by atoms with E-state index >= 15 is 0 Å². The molecule has 0 aromatic rings. The monoisotopic (exact) mass is 850 g/mol. The molecule has 6 amide bonds. The highest BCUT2D eigenvalue weighted by atomic mass is 16.7. The van der Waals surface area contributed by atoms with E-state index in [0.717, 1.165) is 64.2 Å². The Hall–Kier alpha value is -4.90. The zero-order chi connectivity index (χ0) is 44.9. The average molecular weight is 851 g/mol. The fraction of sp³-hybridized carbons (Fsp3) is 0.762. The zero-order valence-corrected chi connectivity index (χ0v) is 36.3. The van der Waals surface area contributed by atoms with Gasteiger partial charge in [-0.25, -0.2) is 19.2 Å². The molecule has 18 heteroatoms. The summed E-state index contributed by atoms with van der Waals surface area (Å²) >= 11 is 0. The summed E-state index contributed by atoms with van der Waals surface area (Å²) in [5.74, 6) is -6.25. The van der Waals surface area contributed by atoms with Gasteiger partial charge in [-0.2, -0.15) is 0 Å². The Balaban J connectivity index is 1.57. The maximum Gasteiger partial charge on any atom is 0.333 e. The molecular weight excluding hydrogens is 784 g/mol. The number of hydroxylamine groups is 4. The number of imide groups is 2. The van der Waals surface area contributed by atoms with Gasteiger partial charge in [0.25, 0.3) is 23.6 Å². The summed E-state index contributed by atoms with van der Waals surface area (Å²) < 4.78 is 10.8. The van der Waals surface area contributed by atoms with Crippen LogP contribution in [0.5, 0.6) is 0 Å². The van der Waals surface area contributed by atoms with Crippen molar-refractivity contribution in [1.82, 2.24) is 20.8 Å². The van der Waals surface area contributed by atoms with E-state index in [-0.39, 0.29) is 76.0 Å². The van der Waals surface area contributed by atoms with Gasteiger partial charge in [-0.15, -0.1) is 10.1 Å². The Bertz CT molecular complexity index is 1390. The number of nitrogens with zero attached hydrogens (tertiary/aromatic N) is 2. The van der Waals surface area contributed by atoms with Gasteiger partial charge in [0.15, 0.2) is 0 Å². The molecule has 338 valence electrons. The highest BCUT2D eigenvalue weighted by Gasteiger charge is 2.35. The standard InChI is InChI=1S/C42H66N4O14/c1-41(2,3)57-39(55)29(21-27-37(53)59-45-33(49)23-24-34(45)50)43-31(47)19-17-15-13-11-9-7-8-10-12-14-16-18-20-32(48)44-30(40(56)58-42(4,5)6)22-28-38(54)60-46-35(51)25-26-36(46)52/h29-30H,7-28H2,1-6H3,(H,43,47)(H,44,48)/t29-,30-/m1/s1. The van der Waals surface area contributed by atoms with Crippen LogP contribution in [0.1, 0.15) is 183 Å². The van der Waals surface area contributed by atoms with Gasteiger partial charge in [0, 0.05) is 38.5 Å². The quantitative estimate of drug-likeness (QED) is 0.0637. The normalized spacial score (nSPS) is 15.4. The Morgan fingerprint density at radius 2 is 0.733 bits per heavy atom. The van der Waals surface area contributed by atoms with E-state index in [9.17, 15) is 47.9 Å². The lowest BCUT2D eigenvalue weighted by atomic mass is 10.0. The molecule has 18 nitrogen and oxygen atoms in total. The summed E-state index contributed by atoms with van der Waals surface area (Å²) in [6, 6.07) is -2.20. The van der Waals surface area contributed by atoms with Crippen molar-refractivity contribution in [1.29, 1.82) is 0 Å². The van der Waals surface area contributed by atoms with Crippen molar-refractivity contribution in [3.63, 3.8) is 0 Å². The molecule has 0 radical (unpaired) electrons. The highest BCUT2D eigenvalue weighted by Crippen LogP contribution is 2.18. The summed E-state index contributed by atoms with van der Waals surface area (Å²) in [5.41, 5.74) is -1.64. The number of carbonyl (C=O) groups is 10. The van der Waals surface area contributed by atoms with E-state index in [0.29, 0.717) is 23.0 Å². The molecular formula is C42H66N4O14. The van der Waals surface area contributed by atoms with Crippen LogP contribution in [0.4, 0.5) is 0 Å². The van der Waals surface area contributed by atoms with Gasteiger partial charge >= 0.3 is 23.9 Å². The lowest BCUT2D eigenvalue weighted by Gasteiger charge is -2.24. The molecule has 2 saturated heterocycles. The minimum absolute atomic E-state index is 0.0357. The van der Waals surface area contributed by atoms with Gasteiger partial charge in [-0.05, 0) is 67.2 Å². The summed E-state index contributed by atoms with van der Waals surface area (Å²) in [7, 11) is 0. The third-order valence-corrected chi connectivity index (χ3v) is 9.28. The molecule has 2 aliphatic heterocycles. The molecule has 0 saturated carbocycles. The van der Waals surface area contributed by atoms with Gasteiger partial charge in [0.1, 0.15) is 23.3 Å². The Morgan fingerprint density at radius 3 is 1.00 bits per heavy atom. The first-order chi connectivity index (χ1) is 28.1. The molecule has 0 aromatic carbocycles. The van der Waals surface area contributed by atoms with Crippen LogP contribution in [0, 0.1) is 0 Å². The summed E-state index contributed by atoms with van der Waals surface area (Å²) in [5, 5.41) is 6.19. The van der Waals surface area contributed by atoms with E-state index in [1.165, 1.54) is 0 Å². The zero-order valence-electron chi connectivity index (χ0n) is 36.3. The predicted molar refractivity (Wildman–Crippen MR) is 213 cm³/mol. The number of amides is 6. The van der Waals surface area contributed by atoms with E-state index in [1.54, 1.807) is 41.5 Å². The molecule has 0 bridgehead atoms. The molecule has 0 aromatic heterocycles. The second-order valence-corrected chi connectivity index (χ2v) is 17.2. The van der Waals surface area contributed by atoms with Crippen LogP contribution in [0.15, 0.2) is 0 Å². The summed E-state index contributed by atoms with van der Waals surface area (Å²) in [6.07, 6.45) is 10.7. The van der Waals surface area contributed by atoms with Gasteiger partial charge < -0.3 is 29.8 Å². The van der Waals surface area contributed by atoms with Crippen LogP contribution in [0.2, 0.25) is 0 Å². The maximum atomic E-state index is 12.8. The van der Waals surface area contributed by atoms with Gasteiger partial charge in [0.2, 0.25) is 11.8 Å². The number of esters is 2. The Morgan fingerprint density at radius 1 is 0.467 bits per heavy atom. The molecule has 2 aliphatic rings. The van der Waals surface area contributed by atoms with Gasteiger partial charge in [-0.3, -0.25) is 28.8 Å². The van der Waals surface area contributed by atoms with Crippen molar-refractivity contribution in [2.45, 2.75) is 206 Å². The third kappa shape index (κ3) is 21.4.